The molecule has 7 nitrogen and oxygen atoms in total. The highest BCUT2D eigenvalue weighted by Gasteiger charge is 2.35. The van der Waals surface area contributed by atoms with Crippen molar-refractivity contribution in [2.24, 2.45) is 0 Å². The first-order valence-electron chi connectivity index (χ1n) is 10.5. The lowest BCUT2D eigenvalue weighted by Crippen LogP contribution is -2.27. The molecule has 0 aliphatic carbocycles. The molecule has 0 atom stereocenters. The normalized spacial score (nSPS) is 15.0. The predicted octanol–water partition coefficient (Wildman–Crippen LogP) is 6.31. The summed E-state index contributed by atoms with van der Waals surface area (Å²) in [6, 6.07) is 15.8. The number of ether oxygens (including phenoxy) is 1. The van der Waals surface area contributed by atoms with Crippen LogP contribution < -0.4 is 8.92 Å². The van der Waals surface area contributed by atoms with E-state index in [1.54, 1.807) is 42.5 Å². The maximum Gasteiger partial charge on any atom is 0.339 e. The van der Waals surface area contributed by atoms with Crippen molar-refractivity contribution < 1.29 is 26.9 Å². The molecule has 186 valence electrons. The third-order valence-corrected chi connectivity index (χ3v) is 8.10. The summed E-state index contributed by atoms with van der Waals surface area (Å²) in [6.07, 6.45) is 1.41. The number of methoxy groups -OCH3 is 1. The van der Waals surface area contributed by atoms with E-state index >= 15 is 0 Å². The Morgan fingerprint density at radius 2 is 1.72 bits per heavy atom. The second kappa shape index (κ2) is 10.6. The number of thioether (sulfide) groups is 1. The minimum absolute atomic E-state index is 0.00215. The van der Waals surface area contributed by atoms with Crippen LogP contribution in [0, 0.1) is 6.92 Å². The van der Waals surface area contributed by atoms with Crippen molar-refractivity contribution in [2.45, 2.75) is 18.4 Å². The molecule has 2 amide bonds. The summed E-state index contributed by atoms with van der Waals surface area (Å²) < 4.78 is 36.6. The van der Waals surface area contributed by atoms with Gasteiger partial charge in [0.15, 0.2) is 11.5 Å². The Labute approximate surface area is 222 Å². The Bertz CT molecular complexity index is 1490. The first-order valence-corrected chi connectivity index (χ1v) is 13.4. The number of carbonyl (C=O) groups is 2. The Kier molecular flexibility index (Phi) is 7.65. The van der Waals surface area contributed by atoms with Crippen molar-refractivity contribution in [2.75, 3.05) is 7.11 Å². The van der Waals surface area contributed by atoms with Crippen molar-refractivity contribution in [3.8, 4) is 11.5 Å². The molecule has 11 heteroatoms. The highest BCUT2D eigenvalue weighted by atomic mass is 35.5. The van der Waals surface area contributed by atoms with Gasteiger partial charge in [-0.3, -0.25) is 14.5 Å². The molecule has 3 aromatic carbocycles. The number of halogens is 2. The van der Waals surface area contributed by atoms with Crippen molar-refractivity contribution in [3.63, 3.8) is 0 Å². The van der Waals surface area contributed by atoms with Crippen LogP contribution in [0.3, 0.4) is 0 Å². The number of carbonyl (C=O) groups excluding carboxylic acids is 2. The molecule has 0 unspecified atom stereocenters. The largest absolute Gasteiger partial charge is 0.493 e. The van der Waals surface area contributed by atoms with Gasteiger partial charge in [-0.2, -0.15) is 8.42 Å². The third kappa shape index (κ3) is 5.54. The highest BCUT2D eigenvalue weighted by molar-refractivity contribution is 8.18. The average Bonchev–Trinajstić information content (AvgIpc) is 3.10. The van der Waals surface area contributed by atoms with Crippen LogP contribution in [0.25, 0.3) is 6.08 Å². The first-order chi connectivity index (χ1) is 17.1. The summed E-state index contributed by atoms with van der Waals surface area (Å²) in [5, 5.41) is 0.195. The van der Waals surface area contributed by atoms with Gasteiger partial charge in [0.05, 0.1) is 28.6 Å². The monoisotopic (exact) mass is 563 g/mol. The van der Waals surface area contributed by atoms with Gasteiger partial charge >= 0.3 is 10.1 Å². The molecule has 1 heterocycles. The average molecular weight is 564 g/mol. The number of imide groups is 1. The number of aryl methyl sites for hydroxylation is 1. The van der Waals surface area contributed by atoms with Gasteiger partial charge in [-0.1, -0.05) is 59.1 Å². The number of para-hydroxylation sites is 1. The molecule has 1 aliphatic heterocycles. The summed E-state index contributed by atoms with van der Waals surface area (Å²) in [4.78, 5) is 26.8. The Balaban J connectivity index is 1.66. The molecule has 0 saturated carbocycles. The van der Waals surface area contributed by atoms with Crippen molar-refractivity contribution >= 4 is 62.3 Å². The molecule has 0 bridgehead atoms. The molecule has 1 fully saturated rings. The second-order valence-corrected chi connectivity index (χ2v) is 11.1. The number of amides is 2. The van der Waals surface area contributed by atoms with Gasteiger partial charge in [0.1, 0.15) is 4.90 Å². The molecule has 36 heavy (non-hydrogen) atoms. The Hall–Kier alpha value is -2.98. The fraction of sp³-hybridized carbons (Fsp3) is 0.120. The van der Waals surface area contributed by atoms with E-state index in [1.807, 2.05) is 6.92 Å². The molecular weight excluding hydrogens is 545 g/mol. The maximum atomic E-state index is 13.0. The number of benzene rings is 3. The number of rotatable bonds is 7. The maximum absolute atomic E-state index is 13.0. The van der Waals surface area contributed by atoms with Crippen LogP contribution in [0.1, 0.15) is 16.7 Å². The van der Waals surface area contributed by atoms with Gasteiger partial charge in [-0.25, -0.2) is 0 Å². The zero-order valence-electron chi connectivity index (χ0n) is 19.0. The van der Waals surface area contributed by atoms with E-state index in [1.165, 1.54) is 31.4 Å². The van der Waals surface area contributed by atoms with Crippen molar-refractivity contribution in [1.82, 2.24) is 4.90 Å². The van der Waals surface area contributed by atoms with E-state index in [0.717, 1.165) is 22.2 Å². The molecule has 4 rings (SSSR count). The van der Waals surface area contributed by atoms with E-state index in [0.29, 0.717) is 15.6 Å². The summed E-state index contributed by atoms with van der Waals surface area (Å²) >= 11 is 12.7. The summed E-state index contributed by atoms with van der Waals surface area (Å²) in [7, 11) is -2.83. The van der Waals surface area contributed by atoms with Crippen LogP contribution in [0.5, 0.6) is 11.5 Å². The van der Waals surface area contributed by atoms with Crippen LogP contribution in [0.2, 0.25) is 10.0 Å². The molecular formula is C25H19Cl2NO6S2. The molecule has 1 aliphatic rings. The van der Waals surface area contributed by atoms with Crippen LogP contribution in [-0.4, -0.2) is 31.6 Å². The summed E-state index contributed by atoms with van der Waals surface area (Å²) in [6.45, 7) is 1.84. The third-order valence-electron chi connectivity index (χ3n) is 5.22. The predicted molar refractivity (Wildman–Crippen MR) is 140 cm³/mol. The van der Waals surface area contributed by atoms with Crippen molar-refractivity contribution in [3.05, 3.63) is 92.3 Å². The number of hydrogen-bond acceptors (Lipinski definition) is 7. The Morgan fingerprint density at radius 3 is 2.39 bits per heavy atom. The summed E-state index contributed by atoms with van der Waals surface area (Å²) in [5.41, 5.74) is 1.77. The lowest BCUT2D eigenvalue weighted by molar-refractivity contribution is -0.123. The van der Waals surface area contributed by atoms with Crippen LogP contribution in [-0.2, 0) is 21.5 Å². The zero-order valence-corrected chi connectivity index (χ0v) is 22.2. The van der Waals surface area contributed by atoms with Crippen LogP contribution >= 0.6 is 35.0 Å². The topological polar surface area (TPSA) is 90.0 Å². The molecule has 0 spiro atoms. The molecule has 1 saturated heterocycles. The van der Waals surface area contributed by atoms with Gasteiger partial charge in [-0.05, 0) is 60.7 Å². The van der Waals surface area contributed by atoms with Crippen LogP contribution in [0.15, 0.2) is 70.5 Å². The van der Waals surface area contributed by atoms with E-state index < -0.39 is 21.3 Å². The Morgan fingerprint density at radius 1 is 1.00 bits per heavy atom. The highest BCUT2D eigenvalue weighted by Crippen LogP contribution is 2.39. The minimum Gasteiger partial charge on any atom is -0.493 e. The molecule has 0 aromatic heterocycles. The fourth-order valence-electron chi connectivity index (χ4n) is 3.36. The van der Waals surface area contributed by atoms with Crippen LogP contribution in [0.4, 0.5) is 4.79 Å². The number of hydrogen-bond donors (Lipinski definition) is 0. The zero-order chi connectivity index (χ0) is 26.0. The standard InChI is InChI=1S/C25H19Cl2NO6S2/c1-15-6-9-18(10-7-15)36(31,32)34-23-17(4-3-5-21(23)33-2)13-22-24(29)28(25(30)35-22)14-16-8-11-19(26)20(27)12-16/h3-13H,14H2,1-2H3/b22-13-. The van der Waals surface area contributed by atoms with E-state index in [9.17, 15) is 18.0 Å². The van der Waals surface area contributed by atoms with Crippen molar-refractivity contribution in [1.29, 1.82) is 0 Å². The van der Waals surface area contributed by atoms with E-state index in [2.05, 4.69) is 0 Å². The lowest BCUT2D eigenvalue weighted by Gasteiger charge is -2.14. The molecule has 0 N–H and O–H groups in total. The first kappa shape index (κ1) is 26.1. The molecule has 0 radical (unpaired) electrons. The second-order valence-electron chi connectivity index (χ2n) is 7.75. The van der Waals surface area contributed by atoms with Gasteiger partial charge in [-0.15, -0.1) is 0 Å². The van der Waals surface area contributed by atoms with Gasteiger partial charge in [0.25, 0.3) is 11.1 Å². The van der Waals surface area contributed by atoms with E-state index in [-0.39, 0.29) is 33.4 Å². The van der Waals surface area contributed by atoms with E-state index in [4.69, 9.17) is 32.1 Å². The summed E-state index contributed by atoms with van der Waals surface area (Å²) in [5.74, 6) is -0.488. The smallest absolute Gasteiger partial charge is 0.339 e. The fourth-order valence-corrected chi connectivity index (χ4v) is 5.47. The quantitative estimate of drug-likeness (QED) is 0.245. The van der Waals surface area contributed by atoms with Gasteiger partial charge in [0, 0.05) is 5.56 Å². The van der Waals surface area contributed by atoms with Gasteiger partial charge in [0.2, 0.25) is 0 Å². The van der Waals surface area contributed by atoms with Gasteiger partial charge < -0.3 is 8.92 Å². The number of nitrogens with zero attached hydrogens (tertiary/aromatic N) is 1. The SMILES string of the molecule is COc1cccc(/C=C2\SC(=O)N(Cc3ccc(Cl)c(Cl)c3)C2=O)c1OS(=O)(=O)c1ccc(C)cc1. The molecule has 3 aromatic rings. The lowest BCUT2D eigenvalue weighted by atomic mass is 10.1. The minimum atomic E-state index is -4.20.